The second-order valence-electron chi connectivity index (χ2n) is 11.0. The molecule has 1 saturated heterocycles. The highest BCUT2D eigenvalue weighted by molar-refractivity contribution is 6.35. The van der Waals surface area contributed by atoms with Crippen LogP contribution in [0.1, 0.15) is 38.7 Å². The number of urea groups is 1. The molecule has 0 aromatic heterocycles. The zero-order valence-electron chi connectivity index (χ0n) is 21.1. The number of fused-ring (bicyclic) bond motifs is 2. The first-order valence-electron chi connectivity index (χ1n) is 11.9. The van der Waals surface area contributed by atoms with E-state index in [0.29, 0.717) is 0 Å². The third-order valence-electron chi connectivity index (χ3n) is 6.61. The standard InChI is InChI=1S/C26H25Cl3F3N3O4/c1-25(2,3)10-34(15-5-12(27)4-13(28)6-15)22(36)20-18-9-26(31,32)11-35(18)24(39)33-21-16(19(20)23(37)38)7-14(30)8-17(21)29/h4-8,18-20H,9-11H2,1-3H3,(H,33,39)(H,37,38)/t18-,19-,20+/m0/s1. The largest absolute Gasteiger partial charge is 0.481 e. The van der Waals surface area contributed by atoms with Crippen LogP contribution in [0.4, 0.5) is 29.3 Å². The summed E-state index contributed by atoms with van der Waals surface area (Å²) in [4.78, 5) is 42.4. The van der Waals surface area contributed by atoms with E-state index in [4.69, 9.17) is 34.8 Å². The van der Waals surface area contributed by atoms with Gasteiger partial charge in [0.05, 0.1) is 35.1 Å². The molecule has 3 atom stereocenters. The highest BCUT2D eigenvalue weighted by Crippen LogP contribution is 2.47. The van der Waals surface area contributed by atoms with Gasteiger partial charge in [-0.3, -0.25) is 9.59 Å². The van der Waals surface area contributed by atoms with Gasteiger partial charge in [-0.05, 0) is 41.3 Å². The van der Waals surface area contributed by atoms with Gasteiger partial charge < -0.3 is 20.2 Å². The highest BCUT2D eigenvalue weighted by Gasteiger charge is 2.57. The number of benzene rings is 2. The van der Waals surface area contributed by atoms with Gasteiger partial charge in [-0.25, -0.2) is 18.0 Å². The molecule has 210 valence electrons. The molecule has 2 aromatic carbocycles. The molecular weight excluding hydrogens is 582 g/mol. The summed E-state index contributed by atoms with van der Waals surface area (Å²) in [6.07, 6.45) is -0.974. The van der Waals surface area contributed by atoms with Gasteiger partial charge in [0.15, 0.2) is 0 Å². The molecule has 0 unspecified atom stereocenters. The number of carbonyl (C=O) groups excluding carboxylic acids is 2. The summed E-state index contributed by atoms with van der Waals surface area (Å²) in [7, 11) is 0. The Hall–Kier alpha value is -2.69. The Morgan fingerprint density at radius 3 is 2.31 bits per heavy atom. The fourth-order valence-corrected chi connectivity index (χ4v) is 5.97. The van der Waals surface area contributed by atoms with E-state index in [1.54, 1.807) is 0 Å². The molecule has 2 aromatic rings. The van der Waals surface area contributed by atoms with Crippen molar-refractivity contribution < 1.29 is 32.7 Å². The topological polar surface area (TPSA) is 90.0 Å². The van der Waals surface area contributed by atoms with Crippen LogP contribution >= 0.6 is 34.8 Å². The molecule has 2 heterocycles. The number of amides is 3. The van der Waals surface area contributed by atoms with Gasteiger partial charge in [0.25, 0.3) is 5.92 Å². The lowest BCUT2D eigenvalue weighted by atomic mass is 9.77. The Bertz CT molecular complexity index is 1330. The third kappa shape index (κ3) is 6.07. The first-order valence-corrected chi connectivity index (χ1v) is 13.1. The number of carboxylic acids is 1. The molecular formula is C26H25Cl3F3N3O4. The number of carboxylic acid groups (broad SMARTS) is 1. The molecule has 4 rings (SSSR count). The summed E-state index contributed by atoms with van der Waals surface area (Å²) in [6.45, 7) is 4.42. The van der Waals surface area contributed by atoms with E-state index in [2.05, 4.69) is 5.32 Å². The number of alkyl halides is 2. The first-order chi connectivity index (χ1) is 18.0. The molecule has 0 radical (unpaired) electrons. The SMILES string of the molecule is CC(C)(C)CN(C(=O)[C@H]1[C@@H](C(=O)O)c2cc(F)cc(Cl)c2NC(=O)N2CC(F)(F)C[C@@H]12)c1cc(Cl)cc(Cl)c1. The number of aliphatic carboxylic acids is 1. The summed E-state index contributed by atoms with van der Waals surface area (Å²) in [5.74, 6) is -10.4. The lowest BCUT2D eigenvalue weighted by Gasteiger charge is -2.40. The molecule has 39 heavy (non-hydrogen) atoms. The van der Waals surface area contributed by atoms with Crippen molar-refractivity contribution in [2.45, 2.75) is 45.1 Å². The molecule has 0 bridgehead atoms. The maximum Gasteiger partial charge on any atom is 0.322 e. The van der Waals surface area contributed by atoms with Crippen molar-refractivity contribution in [2.75, 3.05) is 23.3 Å². The Labute approximate surface area is 237 Å². The smallest absolute Gasteiger partial charge is 0.322 e. The summed E-state index contributed by atoms with van der Waals surface area (Å²) in [5, 5.41) is 12.8. The summed E-state index contributed by atoms with van der Waals surface area (Å²) < 4.78 is 44.1. The minimum atomic E-state index is -3.41. The first kappa shape index (κ1) is 29.3. The fourth-order valence-electron chi connectivity index (χ4n) is 5.20. The maximum absolute atomic E-state index is 14.8. The highest BCUT2D eigenvalue weighted by atomic mass is 35.5. The maximum atomic E-state index is 14.8. The van der Waals surface area contributed by atoms with Crippen molar-refractivity contribution in [1.29, 1.82) is 0 Å². The number of carbonyl (C=O) groups is 3. The zero-order valence-corrected chi connectivity index (χ0v) is 23.3. The minimum absolute atomic E-state index is 0.0113. The molecule has 13 heteroatoms. The molecule has 2 aliphatic rings. The van der Waals surface area contributed by atoms with E-state index >= 15 is 0 Å². The summed E-state index contributed by atoms with van der Waals surface area (Å²) in [5.41, 5.74) is -0.935. The number of halogens is 6. The van der Waals surface area contributed by atoms with Crippen LogP contribution in [-0.4, -0.2) is 53.0 Å². The van der Waals surface area contributed by atoms with E-state index in [0.717, 1.165) is 17.0 Å². The number of anilines is 2. The van der Waals surface area contributed by atoms with Crippen LogP contribution in [0.2, 0.25) is 15.1 Å². The van der Waals surface area contributed by atoms with Gasteiger partial charge in [-0.2, -0.15) is 0 Å². The Morgan fingerprint density at radius 1 is 1.13 bits per heavy atom. The molecule has 0 spiro atoms. The van der Waals surface area contributed by atoms with E-state index in [1.165, 1.54) is 23.1 Å². The van der Waals surface area contributed by atoms with E-state index in [1.807, 2.05) is 20.8 Å². The molecule has 3 amide bonds. The van der Waals surface area contributed by atoms with Gasteiger partial charge in [0.1, 0.15) is 5.82 Å². The summed E-state index contributed by atoms with van der Waals surface area (Å²) >= 11 is 18.6. The molecule has 0 aliphatic carbocycles. The summed E-state index contributed by atoms with van der Waals surface area (Å²) in [6, 6.07) is 3.46. The van der Waals surface area contributed by atoms with Crippen molar-refractivity contribution in [1.82, 2.24) is 4.90 Å². The van der Waals surface area contributed by atoms with Crippen LogP contribution in [-0.2, 0) is 9.59 Å². The molecule has 0 saturated carbocycles. The second kappa shape index (κ2) is 10.4. The Kier molecular flexibility index (Phi) is 7.79. The van der Waals surface area contributed by atoms with E-state index in [-0.39, 0.29) is 38.6 Å². The van der Waals surface area contributed by atoms with Crippen molar-refractivity contribution >= 4 is 64.1 Å². The van der Waals surface area contributed by atoms with Crippen molar-refractivity contribution in [2.24, 2.45) is 11.3 Å². The second-order valence-corrected chi connectivity index (χ2v) is 12.3. The quantitative estimate of drug-likeness (QED) is 0.396. The van der Waals surface area contributed by atoms with Crippen LogP contribution in [0.3, 0.4) is 0 Å². The fraction of sp³-hybridized carbons (Fsp3) is 0.423. The van der Waals surface area contributed by atoms with Gasteiger partial charge in [-0.1, -0.05) is 55.6 Å². The molecule has 2 N–H and O–H groups in total. The van der Waals surface area contributed by atoms with Crippen molar-refractivity contribution in [3.63, 3.8) is 0 Å². The molecule has 2 aliphatic heterocycles. The predicted octanol–water partition coefficient (Wildman–Crippen LogP) is 6.90. The Balaban J connectivity index is 1.99. The normalized spacial score (nSPS) is 22.3. The van der Waals surface area contributed by atoms with Crippen molar-refractivity contribution in [3.05, 3.63) is 56.8 Å². The monoisotopic (exact) mass is 605 g/mol. The van der Waals surface area contributed by atoms with E-state index < -0.39 is 65.9 Å². The average molecular weight is 607 g/mol. The van der Waals surface area contributed by atoms with E-state index in [9.17, 15) is 32.7 Å². The predicted molar refractivity (Wildman–Crippen MR) is 143 cm³/mol. The van der Waals surface area contributed by atoms with Crippen LogP contribution in [0, 0.1) is 17.2 Å². The van der Waals surface area contributed by atoms with Gasteiger partial charge in [-0.15, -0.1) is 0 Å². The van der Waals surface area contributed by atoms with Gasteiger partial charge in [0, 0.05) is 28.7 Å². The lowest BCUT2D eigenvalue weighted by Crippen LogP contribution is -2.54. The minimum Gasteiger partial charge on any atom is -0.481 e. The van der Waals surface area contributed by atoms with Gasteiger partial charge in [0.2, 0.25) is 5.91 Å². The van der Waals surface area contributed by atoms with Crippen LogP contribution in [0.5, 0.6) is 0 Å². The van der Waals surface area contributed by atoms with Crippen LogP contribution < -0.4 is 10.2 Å². The Morgan fingerprint density at radius 2 is 1.74 bits per heavy atom. The van der Waals surface area contributed by atoms with Crippen molar-refractivity contribution in [3.8, 4) is 0 Å². The number of hydrogen-bond acceptors (Lipinski definition) is 3. The zero-order chi connectivity index (χ0) is 29.0. The molecule has 7 nitrogen and oxygen atoms in total. The number of hydrogen-bond donors (Lipinski definition) is 2. The third-order valence-corrected chi connectivity index (χ3v) is 7.34. The van der Waals surface area contributed by atoms with Crippen LogP contribution in [0.25, 0.3) is 0 Å². The number of nitrogens with zero attached hydrogens (tertiary/aromatic N) is 2. The van der Waals surface area contributed by atoms with Crippen LogP contribution in [0.15, 0.2) is 30.3 Å². The number of rotatable bonds is 4. The molecule has 1 fully saturated rings. The van der Waals surface area contributed by atoms with Gasteiger partial charge >= 0.3 is 12.0 Å². The number of nitrogens with one attached hydrogen (secondary N) is 1. The lowest BCUT2D eigenvalue weighted by molar-refractivity contribution is -0.144. The average Bonchev–Trinajstić information content (AvgIpc) is 3.09.